The smallest absolute Gasteiger partial charge is 0.0991 e. The zero-order valence-corrected chi connectivity index (χ0v) is 10.4. The molecule has 0 aliphatic heterocycles. The summed E-state index contributed by atoms with van der Waals surface area (Å²) in [5.74, 6) is 0. The molecule has 0 bridgehead atoms. The van der Waals surface area contributed by atoms with E-state index in [1.165, 1.54) is 0 Å². The van der Waals surface area contributed by atoms with Gasteiger partial charge in [-0.05, 0) is 35.4 Å². The van der Waals surface area contributed by atoms with Gasteiger partial charge in [0, 0.05) is 10.7 Å². The molecule has 0 aliphatic rings. The third-order valence-electron chi connectivity index (χ3n) is 2.50. The molecule has 0 saturated carbocycles. The van der Waals surface area contributed by atoms with E-state index in [1.54, 1.807) is 18.2 Å². The second-order valence-corrected chi connectivity index (χ2v) is 4.26. The van der Waals surface area contributed by atoms with Crippen LogP contribution in [0.15, 0.2) is 42.5 Å². The van der Waals surface area contributed by atoms with Crippen LogP contribution >= 0.6 is 11.6 Å². The van der Waals surface area contributed by atoms with E-state index in [0.717, 1.165) is 11.1 Å². The second-order valence-electron chi connectivity index (χ2n) is 3.85. The summed E-state index contributed by atoms with van der Waals surface area (Å²) in [7, 11) is 0. The SMILES string of the molecule is N#Cc1cccc(/C=C\c2ccc(N)cc2Cl)c1. The maximum atomic E-state index is 8.81. The molecule has 0 aliphatic carbocycles. The van der Waals surface area contributed by atoms with Gasteiger partial charge in [0.25, 0.3) is 0 Å². The minimum absolute atomic E-state index is 0.614. The molecule has 2 nitrogen and oxygen atoms in total. The van der Waals surface area contributed by atoms with Gasteiger partial charge in [0.2, 0.25) is 0 Å². The minimum atomic E-state index is 0.614. The van der Waals surface area contributed by atoms with Gasteiger partial charge >= 0.3 is 0 Å². The molecule has 2 aromatic rings. The third-order valence-corrected chi connectivity index (χ3v) is 2.82. The summed E-state index contributed by atoms with van der Waals surface area (Å²) in [6, 6.07) is 14.9. The molecule has 0 heterocycles. The Bertz CT molecular complexity index is 639. The lowest BCUT2D eigenvalue weighted by atomic mass is 10.1. The number of nitrogen functional groups attached to an aromatic ring is 1. The molecular formula is C15H11ClN2. The molecule has 18 heavy (non-hydrogen) atoms. The fraction of sp³-hybridized carbons (Fsp3) is 0. The van der Waals surface area contributed by atoms with E-state index in [1.807, 2.05) is 36.4 Å². The van der Waals surface area contributed by atoms with Crippen LogP contribution in [0.4, 0.5) is 5.69 Å². The number of halogens is 1. The topological polar surface area (TPSA) is 49.8 Å². The minimum Gasteiger partial charge on any atom is -0.399 e. The van der Waals surface area contributed by atoms with E-state index < -0.39 is 0 Å². The summed E-state index contributed by atoms with van der Waals surface area (Å²) >= 11 is 6.07. The van der Waals surface area contributed by atoms with Gasteiger partial charge in [-0.1, -0.05) is 42.0 Å². The average molecular weight is 255 g/mol. The number of nitrogens with two attached hydrogens (primary N) is 1. The lowest BCUT2D eigenvalue weighted by Crippen LogP contribution is -1.84. The first kappa shape index (κ1) is 12.2. The van der Waals surface area contributed by atoms with E-state index >= 15 is 0 Å². The molecule has 0 saturated heterocycles. The van der Waals surface area contributed by atoms with Crippen LogP contribution in [-0.4, -0.2) is 0 Å². The largest absolute Gasteiger partial charge is 0.399 e. The zero-order valence-electron chi connectivity index (χ0n) is 9.60. The van der Waals surface area contributed by atoms with Gasteiger partial charge in [-0.15, -0.1) is 0 Å². The second kappa shape index (κ2) is 5.39. The Kier molecular flexibility index (Phi) is 3.66. The number of hydrogen-bond acceptors (Lipinski definition) is 2. The molecule has 0 atom stereocenters. The first-order chi connectivity index (χ1) is 8.69. The highest BCUT2D eigenvalue weighted by atomic mass is 35.5. The van der Waals surface area contributed by atoms with Crippen LogP contribution in [0.25, 0.3) is 12.2 Å². The van der Waals surface area contributed by atoms with Crippen molar-refractivity contribution in [2.75, 3.05) is 5.73 Å². The van der Waals surface area contributed by atoms with Crippen molar-refractivity contribution in [3.05, 3.63) is 64.2 Å². The van der Waals surface area contributed by atoms with Gasteiger partial charge in [-0.3, -0.25) is 0 Å². The van der Waals surface area contributed by atoms with E-state index in [2.05, 4.69) is 6.07 Å². The van der Waals surface area contributed by atoms with Gasteiger partial charge in [-0.25, -0.2) is 0 Å². The monoisotopic (exact) mass is 254 g/mol. The van der Waals surface area contributed by atoms with Gasteiger partial charge in [0.1, 0.15) is 0 Å². The lowest BCUT2D eigenvalue weighted by Gasteiger charge is -2.00. The molecule has 0 fully saturated rings. The van der Waals surface area contributed by atoms with Crippen molar-refractivity contribution in [1.82, 2.24) is 0 Å². The predicted molar refractivity (Wildman–Crippen MR) is 75.9 cm³/mol. The lowest BCUT2D eigenvalue weighted by molar-refractivity contribution is 1.48. The van der Waals surface area contributed by atoms with E-state index in [4.69, 9.17) is 22.6 Å². The molecular weight excluding hydrogens is 244 g/mol. The number of benzene rings is 2. The van der Waals surface area contributed by atoms with Crippen molar-refractivity contribution in [2.45, 2.75) is 0 Å². The van der Waals surface area contributed by atoms with Crippen LogP contribution in [-0.2, 0) is 0 Å². The summed E-state index contributed by atoms with van der Waals surface area (Å²) in [6.07, 6.45) is 3.82. The summed E-state index contributed by atoms with van der Waals surface area (Å²) in [5.41, 5.74) is 8.77. The van der Waals surface area contributed by atoms with E-state index in [0.29, 0.717) is 16.3 Å². The molecule has 3 heteroatoms. The number of nitrogens with zero attached hydrogens (tertiary/aromatic N) is 1. The fourth-order valence-electron chi connectivity index (χ4n) is 1.58. The zero-order chi connectivity index (χ0) is 13.0. The molecule has 2 rings (SSSR count). The number of rotatable bonds is 2. The summed E-state index contributed by atoms with van der Waals surface area (Å²) < 4.78 is 0. The average Bonchev–Trinajstić information content (AvgIpc) is 2.38. The Morgan fingerprint density at radius 2 is 1.94 bits per heavy atom. The highest BCUT2D eigenvalue weighted by Gasteiger charge is 1.97. The van der Waals surface area contributed by atoms with E-state index in [-0.39, 0.29) is 0 Å². The van der Waals surface area contributed by atoms with Crippen LogP contribution in [0.2, 0.25) is 5.02 Å². The summed E-state index contributed by atoms with van der Waals surface area (Å²) in [4.78, 5) is 0. The Morgan fingerprint density at radius 1 is 1.11 bits per heavy atom. The molecule has 2 N–H and O–H groups in total. The summed E-state index contributed by atoms with van der Waals surface area (Å²) in [6.45, 7) is 0. The summed E-state index contributed by atoms with van der Waals surface area (Å²) in [5, 5.41) is 9.43. The standard InChI is InChI=1S/C15H11ClN2/c16-15-9-14(18)7-6-13(15)5-4-11-2-1-3-12(8-11)10-17/h1-9H,18H2/b5-4-. The van der Waals surface area contributed by atoms with Crippen molar-refractivity contribution >= 4 is 29.4 Å². The molecule has 88 valence electrons. The molecule has 0 unspecified atom stereocenters. The van der Waals surface area contributed by atoms with Crippen LogP contribution in [0.1, 0.15) is 16.7 Å². The first-order valence-corrected chi connectivity index (χ1v) is 5.80. The van der Waals surface area contributed by atoms with Crippen LogP contribution in [0.5, 0.6) is 0 Å². The molecule has 0 amide bonds. The normalized spacial score (nSPS) is 10.4. The van der Waals surface area contributed by atoms with Gasteiger partial charge in [0.05, 0.1) is 11.6 Å². The molecule has 0 spiro atoms. The van der Waals surface area contributed by atoms with Crippen LogP contribution in [0, 0.1) is 11.3 Å². The van der Waals surface area contributed by atoms with Gasteiger partial charge in [0.15, 0.2) is 0 Å². The first-order valence-electron chi connectivity index (χ1n) is 5.42. The van der Waals surface area contributed by atoms with Crippen LogP contribution in [0.3, 0.4) is 0 Å². The predicted octanol–water partition coefficient (Wildman–Crippen LogP) is 3.96. The van der Waals surface area contributed by atoms with Gasteiger partial charge in [-0.2, -0.15) is 5.26 Å². The molecule has 0 radical (unpaired) electrons. The maximum absolute atomic E-state index is 8.81. The Labute approximate surface area is 111 Å². The quantitative estimate of drug-likeness (QED) is 0.651. The molecule has 0 aromatic heterocycles. The van der Waals surface area contributed by atoms with Crippen molar-refractivity contribution in [3.8, 4) is 6.07 Å². The Morgan fingerprint density at radius 3 is 2.67 bits per heavy atom. The fourth-order valence-corrected chi connectivity index (χ4v) is 1.83. The van der Waals surface area contributed by atoms with Crippen LogP contribution < -0.4 is 5.73 Å². The van der Waals surface area contributed by atoms with Crippen molar-refractivity contribution in [2.24, 2.45) is 0 Å². The highest BCUT2D eigenvalue weighted by molar-refractivity contribution is 6.32. The Balaban J connectivity index is 2.27. The molecule has 2 aromatic carbocycles. The maximum Gasteiger partial charge on any atom is 0.0991 e. The van der Waals surface area contributed by atoms with Crippen molar-refractivity contribution in [3.63, 3.8) is 0 Å². The van der Waals surface area contributed by atoms with Crippen molar-refractivity contribution < 1.29 is 0 Å². The third kappa shape index (κ3) is 2.91. The number of nitriles is 1. The number of hydrogen-bond donors (Lipinski definition) is 1. The Hall–Kier alpha value is -2.24. The highest BCUT2D eigenvalue weighted by Crippen LogP contribution is 2.21. The van der Waals surface area contributed by atoms with Crippen molar-refractivity contribution in [1.29, 1.82) is 5.26 Å². The van der Waals surface area contributed by atoms with Gasteiger partial charge < -0.3 is 5.73 Å². The van der Waals surface area contributed by atoms with E-state index in [9.17, 15) is 0 Å². The number of anilines is 1.